The Morgan fingerprint density at radius 1 is 1.39 bits per heavy atom. The van der Waals surface area contributed by atoms with Crippen LogP contribution in [-0.4, -0.2) is 30.6 Å². The fraction of sp³-hybridized carbons (Fsp3) is 0.250. The molecule has 122 valence electrons. The normalized spacial score (nSPS) is 11.8. The highest BCUT2D eigenvalue weighted by Gasteiger charge is 2.12. The predicted molar refractivity (Wildman–Crippen MR) is 82.4 cm³/mol. The summed E-state index contributed by atoms with van der Waals surface area (Å²) < 4.78 is 23.3. The SMILES string of the molecule is COCC(N)C(=O)NCc1ccc(Oc2cccc(F)c2)nc1. The Kier molecular flexibility index (Phi) is 6.02. The van der Waals surface area contributed by atoms with E-state index >= 15 is 0 Å². The van der Waals surface area contributed by atoms with Gasteiger partial charge in [0, 0.05) is 32.0 Å². The van der Waals surface area contributed by atoms with E-state index in [0.29, 0.717) is 18.2 Å². The zero-order valence-electron chi connectivity index (χ0n) is 12.7. The van der Waals surface area contributed by atoms with Crippen LogP contribution < -0.4 is 15.8 Å². The Morgan fingerprint density at radius 2 is 2.22 bits per heavy atom. The highest BCUT2D eigenvalue weighted by molar-refractivity contribution is 5.81. The average molecular weight is 319 g/mol. The first-order chi connectivity index (χ1) is 11.1. The van der Waals surface area contributed by atoms with Crippen molar-refractivity contribution in [3.8, 4) is 11.6 Å². The van der Waals surface area contributed by atoms with Crippen molar-refractivity contribution in [3.63, 3.8) is 0 Å². The molecule has 2 aromatic rings. The summed E-state index contributed by atoms with van der Waals surface area (Å²) in [4.78, 5) is 15.8. The lowest BCUT2D eigenvalue weighted by Gasteiger charge is -2.11. The van der Waals surface area contributed by atoms with Crippen molar-refractivity contribution in [1.29, 1.82) is 0 Å². The third-order valence-corrected chi connectivity index (χ3v) is 2.97. The van der Waals surface area contributed by atoms with E-state index in [1.165, 1.54) is 19.2 Å². The van der Waals surface area contributed by atoms with Gasteiger partial charge < -0.3 is 20.5 Å². The Morgan fingerprint density at radius 3 is 2.87 bits per heavy atom. The van der Waals surface area contributed by atoms with Gasteiger partial charge in [0.1, 0.15) is 17.6 Å². The van der Waals surface area contributed by atoms with Gasteiger partial charge in [0.25, 0.3) is 0 Å². The minimum Gasteiger partial charge on any atom is -0.439 e. The molecule has 0 aliphatic heterocycles. The quantitative estimate of drug-likeness (QED) is 0.809. The maximum Gasteiger partial charge on any atom is 0.239 e. The molecule has 0 saturated heterocycles. The fourth-order valence-corrected chi connectivity index (χ4v) is 1.80. The monoisotopic (exact) mass is 319 g/mol. The van der Waals surface area contributed by atoms with E-state index in [-0.39, 0.29) is 18.3 Å². The number of carbonyl (C=O) groups is 1. The van der Waals surface area contributed by atoms with Crippen molar-refractivity contribution in [1.82, 2.24) is 10.3 Å². The number of hydrogen-bond acceptors (Lipinski definition) is 5. The van der Waals surface area contributed by atoms with Crippen LogP contribution in [0.1, 0.15) is 5.56 Å². The van der Waals surface area contributed by atoms with E-state index in [2.05, 4.69) is 10.3 Å². The third-order valence-electron chi connectivity index (χ3n) is 2.97. The first kappa shape index (κ1) is 16.9. The lowest BCUT2D eigenvalue weighted by atomic mass is 10.2. The molecule has 1 aromatic carbocycles. The van der Waals surface area contributed by atoms with E-state index in [1.54, 1.807) is 30.5 Å². The number of ether oxygens (including phenoxy) is 2. The van der Waals surface area contributed by atoms with Crippen LogP contribution in [0.3, 0.4) is 0 Å². The van der Waals surface area contributed by atoms with Crippen molar-refractivity contribution in [2.24, 2.45) is 5.73 Å². The molecule has 3 N–H and O–H groups in total. The minimum absolute atomic E-state index is 0.157. The molecule has 0 saturated carbocycles. The molecule has 0 aliphatic rings. The number of nitrogens with zero attached hydrogens (tertiary/aromatic N) is 1. The summed E-state index contributed by atoms with van der Waals surface area (Å²) in [6, 6.07) is 8.48. The lowest BCUT2D eigenvalue weighted by molar-refractivity contribution is -0.123. The molecule has 0 bridgehead atoms. The van der Waals surface area contributed by atoms with Gasteiger partial charge in [-0.15, -0.1) is 0 Å². The van der Waals surface area contributed by atoms with Crippen LogP contribution in [0.2, 0.25) is 0 Å². The molecule has 1 amide bonds. The van der Waals surface area contributed by atoms with Gasteiger partial charge in [-0.1, -0.05) is 12.1 Å². The number of amides is 1. The summed E-state index contributed by atoms with van der Waals surface area (Å²) in [6.45, 7) is 0.452. The van der Waals surface area contributed by atoms with E-state index < -0.39 is 6.04 Å². The molecule has 0 aliphatic carbocycles. The molecule has 2 rings (SSSR count). The molecule has 1 atom stereocenters. The standard InChI is InChI=1S/C16H18FN3O3/c1-22-10-14(18)16(21)20-9-11-5-6-15(19-8-11)23-13-4-2-3-12(17)7-13/h2-8,14H,9-10,18H2,1H3,(H,20,21). The number of methoxy groups -OCH3 is 1. The lowest BCUT2D eigenvalue weighted by Crippen LogP contribution is -2.43. The Hall–Kier alpha value is -2.51. The molecule has 0 fully saturated rings. The fourth-order valence-electron chi connectivity index (χ4n) is 1.80. The Balaban J connectivity index is 1.88. The second kappa shape index (κ2) is 8.21. The molecule has 1 heterocycles. The van der Waals surface area contributed by atoms with Crippen LogP contribution in [0, 0.1) is 5.82 Å². The predicted octanol–water partition coefficient (Wildman–Crippen LogP) is 1.60. The topological polar surface area (TPSA) is 86.5 Å². The van der Waals surface area contributed by atoms with Gasteiger partial charge >= 0.3 is 0 Å². The van der Waals surface area contributed by atoms with Crippen LogP contribution in [-0.2, 0) is 16.1 Å². The minimum atomic E-state index is -0.705. The Bertz CT molecular complexity index is 649. The summed E-state index contributed by atoms with van der Waals surface area (Å²) in [7, 11) is 1.48. The smallest absolute Gasteiger partial charge is 0.239 e. The van der Waals surface area contributed by atoms with Crippen molar-refractivity contribution in [2.75, 3.05) is 13.7 Å². The second-order valence-electron chi connectivity index (χ2n) is 4.84. The van der Waals surface area contributed by atoms with Crippen LogP contribution in [0.15, 0.2) is 42.6 Å². The van der Waals surface area contributed by atoms with Crippen molar-refractivity contribution >= 4 is 5.91 Å². The molecular weight excluding hydrogens is 301 g/mol. The van der Waals surface area contributed by atoms with Crippen LogP contribution >= 0.6 is 0 Å². The van der Waals surface area contributed by atoms with Gasteiger partial charge in [-0.2, -0.15) is 0 Å². The molecule has 7 heteroatoms. The van der Waals surface area contributed by atoms with Gasteiger partial charge in [-0.05, 0) is 17.7 Å². The maximum atomic E-state index is 13.1. The largest absolute Gasteiger partial charge is 0.439 e. The summed E-state index contributed by atoms with van der Waals surface area (Å²) in [5.74, 6) is 0.0204. The van der Waals surface area contributed by atoms with Gasteiger partial charge in [-0.3, -0.25) is 4.79 Å². The number of rotatable bonds is 7. The van der Waals surface area contributed by atoms with Gasteiger partial charge in [0.05, 0.1) is 6.61 Å². The molecule has 23 heavy (non-hydrogen) atoms. The number of halogens is 1. The molecule has 1 unspecified atom stereocenters. The molecule has 0 spiro atoms. The molecule has 1 aromatic heterocycles. The van der Waals surface area contributed by atoms with Crippen LogP contribution in [0.4, 0.5) is 4.39 Å². The number of nitrogens with one attached hydrogen (secondary N) is 1. The summed E-state index contributed by atoms with van der Waals surface area (Å²) in [5, 5.41) is 2.69. The number of pyridine rings is 1. The van der Waals surface area contributed by atoms with Gasteiger partial charge in [-0.25, -0.2) is 9.37 Å². The molecule has 0 radical (unpaired) electrons. The number of carbonyl (C=O) groups excluding carboxylic acids is 1. The van der Waals surface area contributed by atoms with E-state index in [9.17, 15) is 9.18 Å². The second-order valence-corrected chi connectivity index (χ2v) is 4.84. The van der Waals surface area contributed by atoms with E-state index in [4.69, 9.17) is 15.2 Å². The van der Waals surface area contributed by atoms with Crippen molar-refractivity contribution in [2.45, 2.75) is 12.6 Å². The average Bonchev–Trinajstić information content (AvgIpc) is 2.54. The first-order valence-corrected chi connectivity index (χ1v) is 6.99. The van der Waals surface area contributed by atoms with Crippen molar-refractivity contribution in [3.05, 3.63) is 54.0 Å². The highest BCUT2D eigenvalue weighted by atomic mass is 19.1. The van der Waals surface area contributed by atoms with Crippen LogP contribution in [0.25, 0.3) is 0 Å². The summed E-state index contributed by atoms with van der Waals surface area (Å²) >= 11 is 0. The molecule has 6 nitrogen and oxygen atoms in total. The zero-order valence-corrected chi connectivity index (χ0v) is 12.7. The van der Waals surface area contributed by atoms with Gasteiger partial charge in [0.15, 0.2) is 0 Å². The number of nitrogens with two attached hydrogens (primary N) is 1. The number of hydrogen-bond donors (Lipinski definition) is 2. The first-order valence-electron chi connectivity index (χ1n) is 6.99. The summed E-state index contributed by atoms with van der Waals surface area (Å²) in [6.07, 6.45) is 1.57. The maximum absolute atomic E-state index is 13.1. The third kappa shape index (κ3) is 5.32. The highest BCUT2D eigenvalue weighted by Crippen LogP contribution is 2.19. The Labute approximate surface area is 133 Å². The van der Waals surface area contributed by atoms with Crippen LogP contribution in [0.5, 0.6) is 11.6 Å². The summed E-state index contributed by atoms with van der Waals surface area (Å²) in [5.41, 5.74) is 6.40. The van der Waals surface area contributed by atoms with E-state index in [1.807, 2.05) is 0 Å². The zero-order chi connectivity index (χ0) is 16.7. The van der Waals surface area contributed by atoms with Gasteiger partial charge in [0.2, 0.25) is 11.8 Å². The number of aromatic nitrogens is 1. The van der Waals surface area contributed by atoms with E-state index in [0.717, 1.165) is 5.56 Å². The number of benzene rings is 1. The molecular formula is C16H18FN3O3. The van der Waals surface area contributed by atoms with Crippen molar-refractivity contribution < 1.29 is 18.7 Å².